The van der Waals surface area contributed by atoms with Crippen molar-refractivity contribution in [3.05, 3.63) is 35.9 Å². The number of nitrogens with zero attached hydrogens (tertiary/aromatic N) is 2. The Morgan fingerprint density at radius 3 is 2.12 bits per heavy atom. The van der Waals surface area contributed by atoms with Crippen molar-refractivity contribution in [1.29, 1.82) is 0 Å². The number of ether oxygens (including phenoxy) is 1. The second-order valence-corrected chi connectivity index (χ2v) is 7.20. The van der Waals surface area contributed by atoms with Crippen molar-refractivity contribution >= 4 is 17.9 Å². The Morgan fingerprint density at radius 2 is 1.60 bits per heavy atom. The minimum absolute atomic E-state index is 0.0169. The Balaban J connectivity index is 1.87. The third-order valence-corrected chi connectivity index (χ3v) is 4.13. The fourth-order valence-corrected chi connectivity index (χ4v) is 2.72. The van der Waals surface area contributed by atoms with E-state index in [-0.39, 0.29) is 17.2 Å². The van der Waals surface area contributed by atoms with Crippen LogP contribution in [0.3, 0.4) is 0 Å². The molecule has 2 rings (SSSR count). The molecule has 136 valence electrons. The standard InChI is InChI=1S/C20H28N2O3/c1-5-25-17-9-6-16(7-10-17)8-11-18(23)21-12-14-22(15-13-21)19(24)20(2,3)4/h6-11H,5,12-15H2,1-4H3/b11-8+. The number of rotatable bonds is 4. The summed E-state index contributed by atoms with van der Waals surface area (Å²) in [6, 6.07) is 7.64. The van der Waals surface area contributed by atoms with Gasteiger partial charge in [-0.15, -0.1) is 0 Å². The molecule has 0 bridgehead atoms. The van der Waals surface area contributed by atoms with Gasteiger partial charge in [0.05, 0.1) is 6.61 Å². The molecule has 0 radical (unpaired) electrons. The first-order valence-corrected chi connectivity index (χ1v) is 8.80. The van der Waals surface area contributed by atoms with Gasteiger partial charge in [-0.05, 0) is 30.7 Å². The van der Waals surface area contributed by atoms with Crippen LogP contribution in [0.4, 0.5) is 0 Å². The van der Waals surface area contributed by atoms with Crippen LogP contribution in [-0.4, -0.2) is 54.4 Å². The Bertz CT molecular complexity index is 621. The van der Waals surface area contributed by atoms with Crippen molar-refractivity contribution in [2.75, 3.05) is 32.8 Å². The number of piperazine rings is 1. The van der Waals surface area contributed by atoms with Crippen LogP contribution in [0.2, 0.25) is 0 Å². The van der Waals surface area contributed by atoms with Gasteiger partial charge in [0.15, 0.2) is 0 Å². The molecule has 0 aromatic heterocycles. The highest BCUT2D eigenvalue weighted by Gasteiger charge is 2.30. The summed E-state index contributed by atoms with van der Waals surface area (Å²) in [6.07, 6.45) is 3.40. The van der Waals surface area contributed by atoms with Crippen molar-refractivity contribution in [2.24, 2.45) is 5.41 Å². The smallest absolute Gasteiger partial charge is 0.246 e. The molecule has 1 saturated heterocycles. The maximum Gasteiger partial charge on any atom is 0.246 e. The van der Waals surface area contributed by atoms with Crippen LogP contribution in [-0.2, 0) is 9.59 Å². The minimum Gasteiger partial charge on any atom is -0.494 e. The van der Waals surface area contributed by atoms with E-state index in [4.69, 9.17) is 4.74 Å². The van der Waals surface area contributed by atoms with E-state index in [0.717, 1.165) is 11.3 Å². The average Bonchev–Trinajstić information content (AvgIpc) is 2.60. The van der Waals surface area contributed by atoms with E-state index in [0.29, 0.717) is 32.8 Å². The van der Waals surface area contributed by atoms with Crippen molar-refractivity contribution in [1.82, 2.24) is 9.80 Å². The topological polar surface area (TPSA) is 49.9 Å². The summed E-state index contributed by atoms with van der Waals surface area (Å²) < 4.78 is 5.40. The zero-order valence-electron chi connectivity index (χ0n) is 15.6. The molecule has 1 fully saturated rings. The summed E-state index contributed by atoms with van der Waals surface area (Å²) in [5.41, 5.74) is 0.582. The first kappa shape index (κ1) is 19.0. The molecule has 0 unspecified atom stereocenters. The summed E-state index contributed by atoms with van der Waals surface area (Å²) in [6.45, 7) is 10.7. The van der Waals surface area contributed by atoms with E-state index in [1.807, 2.05) is 62.9 Å². The number of carbonyl (C=O) groups excluding carboxylic acids is 2. The molecule has 5 heteroatoms. The summed E-state index contributed by atoms with van der Waals surface area (Å²) in [5.74, 6) is 0.951. The molecule has 2 amide bonds. The molecule has 1 aliphatic rings. The Kier molecular flexibility index (Phi) is 6.23. The first-order chi connectivity index (χ1) is 11.8. The van der Waals surface area contributed by atoms with Gasteiger partial charge < -0.3 is 14.5 Å². The lowest BCUT2D eigenvalue weighted by Gasteiger charge is -2.37. The highest BCUT2D eigenvalue weighted by molar-refractivity contribution is 5.92. The van der Waals surface area contributed by atoms with Gasteiger partial charge in [-0.1, -0.05) is 32.9 Å². The fourth-order valence-electron chi connectivity index (χ4n) is 2.72. The minimum atomic E-state index is -0.375. The van der Waals surface area contributed by atoms with Crippen LogP contribution in [0.25, 0.3) is 6.08 Å². The second-order valence-electron chi connectivity index (χ2n) is 7.20. The molecule has 5 nitrogen and oxygen atoms in total. The van der Waals surface area contributed by atoms with Gasteiger partial charge in [-0.3, -0.25) is 9.59 Å². The predicted molar refractivity (Wildman–Crippen MR) is 99.3 cm³/mol. The average molecular weight is 344 g/mol. The molecule has 0 N–H and O–H groups in total. The van der Waals surface area contributed by atoms with E-state index in [1.54, 1.807) is 11.0 Å². The van der Waals surface area contributed by atoms with Crippen LogP contribution in [0.15, 0.2) is 30.3 Å². The summed E-state index contributed by atoms with van der Waals surface area (Å²) in [4.78, 5) is 28.2. The van der Waals surface area contributed by atoms with Gasteiger partial charge in [0.2, 0.25) is 11.8 Å². The molecule has 0 atom stereocenters. The maximum atomic E-state index is 12.3. The lowest BCUT2D eigenvalue weighted by molar-refractivity contribution is -0.143. The van der Waals surface area contributed by atoms with Gasteiger partial charge in [-0.2, -0.15) is 0 Å². The van der Waals surface area contributed by atoms with Crippen LogP contribution in [0.1, 0.15) is 33.3 Å². The normalized spacial score (nSPS) is 15.5. The molecule has 1 aliphatic heterocycles. The molecule has 0 saturated carbocycles. The highest BCUT2D eigenvalue weighted by Crippen LogP contribution is 2.19. The van der Waals surface area contributed by atoms with Gasteiger partial charge >= 0.3 is 0 Å². The van der Waals surface area contributed by atoms with Crippen molar-refractivity contribution in [2.45, 2.75) is 27.7 Å². The SMILES string of the molecule is CCOc1ccc(/C=C/C(=O)N2CCN(C(=O)C(C)(C)C)CC2)cc1. The van der Waals surface area contributed by atoms with Gasteiger partial charge in [-0.25, -0.2) is 0 Å². The van der Waals surface area contributed by atoms with E-state index in [2.05, 4.69) is 0 Å². The Morgan fingerprint density at radius 1 is 1.04 bits per heavy atom. The first-order valence-electron chi connectivity index (χ1n) is 8.80. The zero-order valence-corrected chi connectivity index (χ0v) is 15.6. The summed E-state index contributed by atoms with van der Waals surface area (Å²) in [5, 5.41) is 0. The zero-order chi connectivity index (χ0) is 18.4. The molecule has 1 aromatic carbocycles. The largest absolute Gasteiger partial charge is 0.494 e. The fraction of sp³-hybridized carbons (Fsp3) is 0.500. The van der Waals surface area contributed by atoms with E-state index >= 15 is 0 Å². The quantitative estimate of drug-likeness (QED) is 0.789. The van der Waals surface area contributed by atoms with Gasteiger partial charge in [0.1, 0.15) is 5.75 Å². The molecule has 1 heterocycles. The maximum absolute atomic E-state index is 12.3. The third-order valence-electron chi connectivity index (χ3n) is 4.13. The van der Waals surface area contributed by atoms with Gasteiger partial charge in [0, 0.05) is 37.7 Å². The molecule has 1 aromatic rings. The van der Waals surface area contributed by atoms with Crippen LogP contribution in [0, 0.1) is 5.41 Å². The van der Waals surface area contributed by atoms with E-state index in [9.17, 15) is 9.59 Å². The van der Waals surface area contributed by atoms with E-state index in [1.165, 1.54) is 0 Å². The Hall–Kier alpha value is -2.30. The van der Waals surface area contributed by atoms with E-state index < -0.39 is 0 Å². The lowest BCUT2D eigenvalue weighted by atomic mass is 9.94. The second kappa shape index (κ2) is 8.19. The lowest BCUT2D eigenvalue weighted by Crippen LogP contribution is -2.52. The van der Waals surface area contributed by atoms with Crippen LogP contribution in [0.5, 0.6) is 5.75 Å². The monoisotopic (exact) mass is 344 g/mol. The molecule has 0 spiro atoms. The van der Waals surface area contributed by atoms with Crippen molar-refractivity contribution in [3.8, 4) is 5.75 Å². The summed E-state index contributed by atoms with van der Waals surface area (Å²) >= 11 is 0. The number of amides is 2. The van der Waals surface area contributed by atoms with Gasteiger partial charge in [0.25, 0.3) is 0 Å². The number of hydrogen-bond donors (Lipinski definition) is 0. The number of benzene rings is 1. The molecule has 0 aliphatic carbocycles. The number of hydrogen-bond acceptors (Lipinski definition) is 3. The number of carbonyl (C=O) groups is 2. The molecular formula is C20H28N2O3. The highest BCUT2D eigenvalue weighted by atomic mass is 16.5. The van der Waals surface area contributed by atoms with Crippen LogP contribution >= 0.6 is 0 Å². The Labute approximate surface area is 150 Å². The van der Waals surface area contributed by atoms with Crippen LogP contribution < -0.4 is 4.74 Å². The molecular weight excluding hydrogens is 316 g/mol. The summed E-state index contributed by atoms with van der Waals surface area (Å²) in [7, 11) is 0. The molecule has 25 heavy (non-hydrogen) atoms. The third kappa shape index (κ3) is 5.34. The predicted octanol–water partition coefficient (Wildman–Crippen LogP) is 2.82. The van der Waals surface area contributed by atoms with Crippen molar-refractivity contribution < 1.29 is 14.3 Å². The van der Waals surface area contributed by atoms with Crippen molar-refractivity contribution in [3.63, 3.8) is 0 Å².